The Balaban J connectivity index is 2.10. The first-order valence-corrected chi connectivity index (χ1v) is 4.81. The van der Waals surface area contributed by atoms with Gasteiger partial charge >= 0.3 is 0 Å². The van der Waals surface area contributed by atoms with Crippen LogP contribution >= 0.6 is 0 Å². The summed E-state index contributed by atoms with van der Waals surface area (Å²) in [5, 5.41) is 0. The van der Waals surface area contributed by atoms with E-state index < -0.39 is 0 Å². The molecule has 2 aliphatic rings. The molecule has 10 heavy (non-hydrogen) atoms. The van der Waals surface area contributed by atoms with Crippen LogP contribution in [0.25, 0.3) is 0 Å². The van der Waals surface area contributed by atoms with Crippen LogP contribution in [0, 0.1) is 11.3 Å². The van der Waals surface area contributed by atoms with Gasteiger partial charge < -0.3 is 0 Å². The summed E-state index contributed by atoms with van der Waals surface area (Å²) in [5.74, 6) is 1.11. The van der Waals surface area contributed by atoms with Crippen molar-refractivity contribution >= 4 is 0 Å². The molecule has 2 aliphatic carbocycles. The molecule has 58 valence electrons. The molecule has 2 fully saturated rings. The van der Waals surface area contributed by atoms with Crippen LogP contribution < -0.4 is 0 Å². The maximum absolute atomic E-state index is 2.52. The van der Waals surface area contributed by atoms with Gasteiger partial charge in [0, 0.05) is 0 Å². The monoisotopic (exact) mass is 138 g/mol. The molecule has 0 radical (unpaired) electrons. The fraction of sp³-hybridized carbons (Fsp3) is 1.00. The zero-order valence-corrected chi connectivity index (χ0v) is 7.03. The Hall–Kier alpha value is 0. The Kier molecular flexibility index (Phi) is 1.51. The molecule has 0 nitrogen and oxygen atoms in total. The lowest BCUT2D eigenvalue weighted by Crippen LogP contribution is -2.25. The Morgan fingerprint density at radius 1 is 1.00 bits per heavy atom. The summed E-state index contributed by atoms with van der Waals surface area (Å²) in [6.45, 7) is 2.52. The zero-order valence-electron chi connectivity index (χ0n) is 7.03. The summed E-state index contributed by atoms with van der Waals surface area (Å²) in [7, 11) is 0. The van der Waals surface area contributed by atoms with Crippen molar-refractivity contribution < 1.29 is 0 Å². The van der Waals surface area contributed by atoms with E-state index in [0.29, 0.717) is 0 Å². The molecule has 0 aliphatic heterocycles. The summed E-state index contributed by atoms with van der Waals surface area (Å²) in [5.41, 5.74) is 0.790. The smallest absolute Gasteiger partial charge is 0.0298 e. The van der Waals surface area contributed by atoms with Crippen molar-refractivity contribution in [3.63, 3.8) is 0 Å². The summed E-state index contributed by atoms with van der Waals surface area (Å²) >= 11 is 0. The molecule has 0 aromatic rings. The first-order chi connectivity index (χ1) is 4.81. The lowest BCUT2D eigenvalue weighted by Gasteiger charge is -2.36. The number of hydrogen-bond donors (Lipinski definition) is 0. The van der Waals surface area contributed by atoms with Gasteiger partial charge in [0.2, 0.25) is 0 Å². The van der Waals surface area contributed by atoms with E-state index in [2.05, 4.69) is 6.92 Å². The van der Waals surface area contributed by atoms with Crippen LogP contribution in [0.1, 0.15) is 51.9 Å². The van der Waals surface area contributed by atoms with Gasteiger partial charge in [-0.15, -0.1) is 0 Å². The van der Waals surface area contributed by atoms with Gasteiger partial charge in [0.15, 0.2) is 0 Å². The van der Waals surface area contributed by atoms with Gasteiger partial charge in [-0.1, -0.05) is 26.2 Å². The quantitative estimate of drug-likeness (QED) is 0.481. The summed E-state index contributed by atoms with van der Waals surface area (Å²) in [4.78, 5) is 0. The minimum absolute atomic E-state index is 0.790. The largest absolute Gasteiger partial charge is 0.0594 e. The first-order valence-electron chi connectivity index (χ1n) is 4.81. The molecule has 0 saturated heterocycles. The molecule has 2 rings (SSSR count). The predicted octanol–water partition coefficient (Wildman–Crippen LogP) is 3.37. The van der Waals surface area contributed by atoms with Gasteiger partial charge in [0.05, 0.1) is 0 Å². The Labute approximate surface area is 64.0 Å². The lowest BCUT2D eigenvalue weighted by atomic mass is 9.70. The molecule has 0 N–H and O–H groups in total. The summed E-state index contributed by atoms with van der Waals surface area (Å²) in [6.07, 6.45) is 10.7. The van der Waals surface area contributed by atoms with E-state index in [1.807, 2.05) is 0 Å². The first kappa shape index (κ1) is 6.69. The van der Waals surface area contributed by atoms with E-state index in [1.54, 1.807) is 0 Å². The third kappa shape index (κ3) is 0.889. The highest BCUT2D eigenvalue weighted by molar-refractivity contribution is 4.90. The molecule has 0 amide bonds. The molecule has 0 heteroatoms. The number of rotatable bonds is 0. The highest BCUT2D eigenvalue weighted by Gasteiger charge is 2.39. The maximum Gasteiger partial charge on any atom is -0.0298 e. The maximum atomic E-state index is 2.52. The van der Waals surface area contributed by atoms with E-state index in [4.69, 9.17) is 0 Å². The van der Waals surface area contributed by atoms with Crippen molar-refractivity contribution in [3.05, 3.63) is 0 Å². The third-order valence-corrected chi connectivity index (χ3v) is 3.84. The van der Waals surface area contributed by atoms with Crippen LogP contribution in [0.5, 0.6) is 0 Å². The van der Waals surface area contributed by atoms with E-state index >= 15 is 0 Å². The van der Waals surface area contributed by atoms with Gasteiger partial charge in [-0.25, -0.2) is 0 Å². The van der Waals surface area contributed by atoms with E-state index in [0.717, 1.165) is 11.3 Å². The van der Waals surface area contributed by atoms with Crippen LogP contribution in [-0.4, -0.2) is 0 Å². The Morgan fingerprint density at radius 3 is 2.50 bits per heavy atom. The molecular formula is C10H18. The highest BCUT2D eigenvalue weighted by atomic mass is 14.4. The number of fused-ring (bicyclic) bond motifs is 1. The second-order valence-corrected chi connectivity index (χ2v) is 4.49. The van der Waals surface area contributed by atoms with E-state index in [1.165, 1.54) is 44.9 Å². The molecule has 0 heterocycles. The topological polar surface area (TPSA) is 0 Å². The van der Waals surface area contributed by atoms with Crippen molar-refractivity contribution in [2.45, 2.75) is 51.9 Å². The normalized spacial score (nSPS) is 47.1. The molecule has 2 unspecified atom stereocenters. The van der Waals surface area contributed by atoms with Gasteiger partial charge in [-0.3, -0.25) is 0 Å². The predicted molar refractivity (Wildman–Crippen MR) is 43.9 cm³/mol. The standard InChI is InChI=1S/C10H18/c1-10-7-3-2-5-9(10)6-4-8-10/h9H,2-8H2,1H3. The molecule has 0 aromatic carbocycles. The summed E-state index contributed by atoms with van der Waals surface area (Å²) in [6, 6.07) is 0. The van der Waals surface area contributed by atoms with Gasteiger partial charge in [0.1, 0.15) is 0 Å². The fourth-order valence-electron chi connectivity index (χ4n) is 3.05. The van der Waals surface area contributed by atoms with Crippen molar-refractivity contribution in [2.75, 3.05) is 0 Å². The van der Waals surface area contributed by atoms with E-state index in [9.17, 15) is 0 Å². The zero-order chi connectivity index (χ0) is 7.03. The molecule has 2 atom stereocenters. The lowest BCUT2D eigenvalue weighted by molar-refractivity contribution is 0.153. The molecule has 0 bridgehead atoms. The minimum atomic E-state index is 0.790. The average Bonchev–Trinajstić information content (AvgIpc) is 2.29. The second kappa shape index (κ2) is 2.25. The molecule has 2 saturated carbocycles. The molecule has 0 spiro atoms. The SMILES string of the molecule is CC12CCCCC1CCC2. The fourth-order valence-corrected chi connectivity index (χ4v) is 3.05. The van der Waals surface area contributed by atoms with Crippen LogP contribution in [-0.2, 0) is 0 Å². The van der Waals surface area contributed by atoms with Crippen LogP contribution in [0.15, 0.2) is 0 Å². The van der Waals surface area contributed by atoms with Crippen LogP contribution in [0.4, 0.5) is 0 Å². The van der Waals surface area contributed by atoms with Gasteiger partial charge in [0.25, 0.3) is 0 Å². The van der Waals surface area contributed by atoms with Crippen molar-refractivity contribution in [1.29, 1.82) is 0 Å². The Morgan fingerprint density at radius 2 is 1.70 bits per heavy atom. The van der Waals surface area contributed by atoms with Crippen molar-refractivity contribution in [3.8, 4) is 0 Å². The second-order valence-electron chi connectivity index (χ2n) is 4.49. The highest BCUT2D eigenvalue weighted by Crippen LogP contribution is 2.51. The van der Waals surface area contributed by atoms with Gasteiger partial charge in [-0.05, 0) is 37.0 Å². The van der Waals surface area contributed by atoms with Crippen molar-refractivity contribution in [2.24, 2.45) is 11.3 Å². The van der Waals surface area contributed by atoms with Crippen LogP contribution in [0.2, 0.25) is 0 Å². The molecule has 0 aromatic heterocycles. The third-order valence-electron chi connectivity index (χ3n) is 3.84. The van der Waals surface area contributed by atoms with E-state index in [-0.39, 0.29) is 0 Å². The summed E-state index contributed by atoms with van der Waals surface area (Å²) < 4.78 is 0. The molecular weight excluding hydrogens is 120 g/mol. The number of hydrogen-bond acceptors (Lipinski definition) is 0. The van der Waals surface area contributed by atoms with Crippen molar-refractivity contribution in [1.82, 2.24) is 0 Å². The van der Waals surface area contributed by atoms with Crippen LogP contribution in [0.3, 0.4) is 0 Å². The van der Waals surface area contributed by atoms with Gasteiger partial charge in [-0.2, -0.15) is 0 Å². The average molecular weight is 138 g/mol. The Bertz CT molecular complexity index is 128. The minimum Gasteiger partial charge on any atom is -0.0594 e.